The molecule has 1 heterocycles. The van der Waals surface area contributed by atoms with Crippen LogP contribution in [0.3, 0.4) is 0 Å². The maximum Gasteiger partial charge on any atom is 0.0642 e. The van der Waals surface area contributed by atoms with Crippen LogP contribution in [0.5, 0.6) is 0 Å². The molecule has 0 saturated carbocycles. The fourth-order valence-electron chi connectivity index (χ4n) is 2.38. The largest absolute Gasteiger partial charge is 0.378 e. The summed E-state index contributed by atoms with van der Waals surface area (Å²) in [6, 6.07) is 8.94. The topological polar surface area (TPSA) is 24.5 Å². The van der Waals surface area contributed by atoms with Crippen molar-refractivity contribution in [3.8, 4) is 0 Å². The smallest absolute Gasteiger partial charge is 0.0642 e. The summed E-state index contributed by atoms with van der Waals surface area (Å²) < 4.78 is 5.40. The fraction of sp³-hybridized carbons (Fsp3) is 0.667. The lowest BCUT2D eigenvalue weighted by atomic mass is 9.81. The van der Waals surface area contributed by atoms with Crippen molar-refractivity contribution in [1.29, 1.82) is 0 Å². The summed E-state index contributed by atoms with van der Waals surface area (Å²) in [7, 11) is 0. The van der Waals surface area contributed by atoms with Crippen LogP contribution in [0.25, 0.3) is 0 Å². The van der Waals surface area contributed by atoms with Gasteiger partial charge in [0.25, 0.3) is 0 Å². The first kappa shape index (κ1) is 16.3. The Hall–Kier alpha value is -1.06. The second-order valence-electron chi connectivity index (χ2n) is 7.01. The third-order valence-electron chi connectivity index (χ3n) is 4.79. The van der Waals surface area contributed by atoms with Crippen LogP contribution in [0.4, 0.5) is 5.69 Å². The van der Waals surface area contributed by atoms with Crippen LogP contribution >= 0.6 is 0 Å². The van der Waals surface area contributed by atoms with Crippen molar-refractivity contribution in [1.82, 2.24) is 5.32 Å². The summed E-state index contributed by atoms with van der Waals surface area (Å²) in [4.78, 5) is 2.39. The second kappa shape index (κ2) is 7.28. The molecular formula is C18H30N2O. The van der Waals surface area contributed by atoms with Crippen LogP contribution in [0, 0.1) is 11.3 Å². The number of nitrogens with one attached hydrogen (secondary N) is 1. The van der Waals surface area contributed by atoms with Crippen molar-refractivity contribution in [2.24, 2.45) is 11.3 Å². The van der Waals surface area contributed by atoms with Crippen molar-refractivity contribution < 1.29 is 4.74 Å². The highest BCUT2D eigenvalue weighted by molar-refractivity contribution is 5.47. The lowest BCUT2D eigenvalue weighted by Gasteiger charge is -2.30. The van der Waals surface area contributed by atoms with Gasteiger partial charge in [-0.3, -0.25) is 0 Å². The van der Waals surface area contributed by atoms with Crippen molar-refractivity contribution in [3.05, 3.63) is 29.8 Å². The number of anilines is 1. The van der Waals surface area contributed by atoms with Crippen LogP contribution < -0.4 is 10.2 Å². The van der Waals surface area contributed by atoms with E-state index in [9.17, 15) is 0 Å². The van der Waals surface area contributed by atoms with E-state index >= 15 is 0 Å². The second-order valence-corrected chi connectivity index (χ2v) is 7.01. The minimum atomic E-state index is 0.341. The summed E-state index contributed by atoms with van der Waals surface area (Å²) in [6.45, 7) is 14.9. The third-order valence-corrected chi connectivity index (χ3v) is 4.79. The quantitative estimate of drug-likeness (QED) is 0.870. The van der Waals surface area contributed by atoms with Gasteiger partial charge in [0.05, 0.1) is 13.2 Å². The molecule has 0 spiro atoms. The lowest BCUT2D eigenvalue weighted by Crippen LogP contribution is -2.36. The molecule has 1 aromatic carbocycles. The van der Waals surface area contributed by atoms with Crippen LogP contribution in [-0.2, 0) is 11.3 Å². The minimum absolute atomic E-state index is 0.341. The zero-order valence-corrected chi connectivity index (χ0v) is 14.0. The Bertz CT molecular complexity index is 419. The summed E-state index contributed by atoms with van der Waals surface area (Å²) in [6.07, 6.45) is 0. The van der Waals surface area contributed by atoms with Crippen molar-refractivity contribution in [2.45, 2.75) is 34.2 Å². The van der Waals surface area contributed by atoms with Gasteiger partial charge in [-0.25, -0.2) is 0 Å². The Labute approximate surface area is 129 Å². The molecule has 118 valence electrons. The van der Waals surface area contributed by atoms with Gasteiger partial charge in [-0.05, 0) is 29.0 Å². The first-order chi connectivity index (χ1) is 9.99. The summed E-state index contributed by atoms with van der Waals surface area (Å²) >= 11 is 0. The number of nitrogens with zero attached hydrogens (tertiary/aromatic N) is 1. The Balaban J connectivity index is 1.82. The van der Waals surface area contributed by atoms with Gasteiger partial charge < -0.3 is 15.0 Å². The van der Waals surface area contributed by atoms with Gasteiger partial charge >= 0.3 is 0 Å². The number of morpholine rings is 1. The molecule has 1 aliphatic rings. The van der Waals surface area contributed by atoms with Gasteiger partial charge in [0.2, 0.25) is 0 Å². The van der Waals surface area contributed by atoms with Gasteiger partial charge in [-0.2, -0.15) is 0 Å². The monoisotopic (exact) mass is 290 g/mol. The molecule has 3 nitrogen and oxygen atoms in total. The molecule has 1 saturated heterocycles. The molecule has 0 aromatic heterocycles. The highest BCUT2D eigenvalue weighted by Crippen LogP contribution is 2.24. The number of benzene rings is 1. The van der Waals surface area contributed by atoms with Gasteiger partial charge in [-0.1, -0.05) is 39.8 Å². The first-order valence-electron chi connectivity index (χ1n) is 8.11. The average molecular weight is 290 g/mol. The molecule has 3 heteroatoms. The van der Waals surface area contributed by atoms with E-state index in [2.05, 4.69) is 62.2 Å². The first-order valence-corrected chi connectivity index (χ1v) is 8.11. The maximum absolute atomic E-state index is 5.40. The van der Waals surface area contributed by atoms with E-state index in [1.165, 1.54) is 11.3 Å². The molecule has 0 atom stereocenters. The molecule has 1 aliphatic heterocycles. The lowest BCUT2D eigenvalue weighted by molar-refractivity contribution is 0.122. The van der Waals surface area contributed by atoms with Crippen LogP contribution in [0.1, 0.15) is 33.3 Å². The number of hydrogen-bond donors (Lipinski definition) is 1. The number of hydrogen-bond acceptors (Lipinski definition) is 3. The summed E-state index contributed by atoms with van der Waals surface area (Å²) in [5.41, 5.74) is 3.00. The van der Waals surface area contributed by atoms with Crippen molar-refractivity contribution >= 4 is 5.69 Å². The molecule has 2 rings (SSSR count). The standard InChI is InChI=1S/C18H30N2O/c1-15(2)18(3,4)14-19-13-16-5-7-17(8-6-16)20-9-11-21-12-10-20/h5-8,15,19H,9-14H2,1-4H3. The highest BCUT2D eigenvalue weighted by atomic mass is 16.5. The Morgan fingerprint density at radius 2 is 1.76 bits per heavy atom. The zero-order valence-electron chi connectivity index (χ0n) is 14.0. The predicted octanol–water partition coefficient (Wildman–Crippen LogP) is 3.30. The number of ether oxygens (including phenoxy) is 1. The highest BCUT2D eigenvalue weighted by Gasteiger charge is 2.21. The molecule has 0 radical (unpaired) electrons. The molecular weight excluding hydrogens is 260 g/mol. The molecule has 0 bridgehead atoms. The summed E-state index contributed by atoms with van der Waals surface area (Å²) in [5, 5.41) is 3.59. The van der Waals surface area contributed by atoms with Crippen LogP contribution in [-0.4, -0.2) is 32.8 Å². The van der Waals surface area contributed by atoms with E-state index in [0.717, 1.165) is 39.4 Å². The van der Waals surface area contributed by atoms with Crippen molar-refractivity contribution in [2.75, 3.05) is 37.7 Å². The number of rotatable bonds is 6. The van der Waals surface area contributed by atoms with Crippen LogP contribution in [0.2, 0.25) is 0 Å². The van der Waals surface area contributed by atoms with Crippen LogP contribution in [0.15, 0.2) is 24.3 Å². The molecule has 1 fully saturated rings. The van der Waals surface area contributed by atoms with E-state index < -0.39 is 0 Å². The minimum Gasteiger partial charge on any atom is -0.378 e. The van der Waals surface area contributed by atoms with Gasteiger partial charge in [0.1, 0.15) is 0 Å². The Morgan fingerprint density at radius 3 is 2.33 bits per heavy atom. The Morgan fingerprint density at radius 1 is 1.14 bits per heavy atom. The molecule has 21 heavy (non-hydrogen) atoms. The third kappa shape index (κ3) is 4.72. The van der Waals surface area contributed by atoms with Crippen molar-refractivity contribution in [3.63, 3.8) is 0 Å². The van der Waals surface area contributed by atoms with E-state index in [1.54, 1.807) is 0 Å². The van der Waals surface area contributed by atoms with E-state index in [0.29, 0.717) is 11.3 Å². The van der Waals surface area contributed by atoms with Gasteiger partial charge in [-0.15, -0.1) is 0 Å². The summed E-state index contributed by atoms with van der Waals surface area (Å²) in [5.74, 6) is 0.689. The SMILES string of the molecule is CC(C)C(C)(C)CNCc1ccc(N2CCOCC2)cc1. The molecule has 1 N–H and O–H groups in total. The molecule has 0 amide bonds. The van der Waals surface area contributed by atoms with E-state index in [-0.39, 0.29) is 0 Å². The predicted molar refractivity (Wildman–Crippen MR) is 89.8 cm³/mol. The van der Waals surface area contributed by atoms with Gasteiger partial charge in [0.15, 0.2) is 0 Å². The molecule has 0 unspecified atom stereocenters. The molecule has 0 aliphatic carbocycles. The van der Waals surface area contributed by atoms with E-state index in [1.807, 2.05) is 0 Å². The fourth-order valence-corrected chi connectivity index (χ4v) is 2.38. The normalized spacial score (nSPS) is 16.5. The molecule has 1 aromatic rings. The Kier molecular flexibility index (Phi) is 5.65. The maximum atomic E-state index is 5.40. The van der Waals surface area contributed by atoms with Gasteiger partial charge in [0, 0.05) is 31.9 Å². The zero-order chi connectivity index (χ0) is 15.3. The van der Waals surface area contributed by atoms with E-state index in [4.69, 9.17) is 4.74 Å². The average Bonchev–Trinajstić information content (AvgIpc) is 2.48.